The molecule has 0 unspecified atom stereocenters. The van der Waals surface area contributed by atoms with E-state index in [1.54, 1.807) is 47.9 Å². The maximum absolute atomic E-state index is 12.2. The predicted octanol–water partition coefficient (Wildman–Crippen LogP) is 4.04. The van der Waals surface area contributed by atoms with Gasteiger partial charge in [0.05, 0.1) is 4.88 Å². The molecule has 0 atom stereocenters. The second-order valence-electron chi connectivity index (χ2n) is 4.77. The molecule has 0 fully saturated rings. The summed E-state index contributed by atoms with van der Waals surface area (Å²) in [5.74, 6) is -0.757. The Morgan fingerprint density at radius 3 is 2.43 bits per heavy atom. The maximum Gasteiger partial charge on any atom is 0.284 e. The van der Waals surface area contributed by atoms with Gasteiger partial charge < -0.3 is 5.32 Å². The maximum atomic E-state index is 12.2. The molecular formula is C16H11BrN2O3S. The van der Waals surface area contributed by atoms with E-state index in [-0.39, 0.29) is 5.91 Å². The highest BCUT2D eigenvalue weighted by molar-refractivity contribution is 9.10. The van der Waals surface area contributed by atoms with Gasteiger partial charge in [-0.3, -0.25) is 14.8 Å². The number of hydrogen-bond acceptors (Lipinski definition) is 4. The van der Waals surface area contributed by atoms with E-state index >= 15 is 0 Å². The van der Waals surface area contributed by atoms with Gasteiger partial charge in [-0.05, 0) is 53.9 Å². The number of benzene rings is 2. The lowest BCUT2D eigenvalue weighted by atomic mass is 10.2. The zero-order valence-corrected chi connectivity index (χ0v) is 14.1. The van der Waals surface area contributed by atoms with E-state index < -0.39 is 5.91 Å². The molecule has 0 saturated carbocycles. The Hall–Kier alpha value is -2.22. The molecule has 1 heterocycles. The molecule has 3 rings (SSSR count). The van der Waals surface area contributed by atoms with Gasteiger partial charge in [-0.2, -0.15) is 0 Å². The summed E-state index contributed by atoms with van der Waals surface area (Å²) in [6.07, 6.45) is 0. The summed E-state index contributed by atoms with van der Waals surface area (Å²) < 4.78 is 1.80. The average molecular weight is 391 g/mol. The Kier molecular flexibility index (Phi) is 4.42. The van der Waals surface area contributed by atoms with Crippen molar-refractivity contribution in [3.8, 4) is 0 Å². The van der Waals surface area contributed by atoms with Crippen LogP contribution < -0.4 is 10.8 Å². The first-order valence-electron chi connectivity index (χ1n) is 6.62. The molecule has 0 aliphatic carbocycles. The van der Waals surface area contributed by atoms with Gasteiger partial charge in [0.15, 0.2) is 0 Å². The minimum Gasteiger partial charge on any atom is -0.322 e. The number of rotatable bonds is 3. The highest BCUT2D eigenvalue weighted by Crippen LogP contribution is 2.28. The van der Waals surface area contributed by atoms with Crippen molar-refractivity contribution in [3.63, 3.8) is 0 Å². The Balaban J connectivity index is 1.84. The number of halogens is 1. The van der Waals surface area contributed by atoms with Gasteiger partial charge in [0.2, 0.25) is 0 Å². The fourth-order valence-corrected chi connectivity index (χ4v) is 3.29. The quantitative estimate of drug-likeness (QED) is 0.466. The Labute approximate surface area is 144 Å². The summed E-state index contributed by atoms with van der Waals surface area (Å²) in [6.45, 7) is 0. The largest absolute Gasteiger partial charge is 0.322 e. The van der Waals surface area contributed by atoms with E-state index in [2.05, 4.69) is 21.2 Å². The van der Waals surface area contributed by atoms with Gasteiger partial charge in [0.1, 0.15) is 0 Å². The van der Waals surface area contributed by atoms with Gasteiger partial charge in [-0.15, -0.1) is 11.3 Å². The number of amides is 2. The third-order valence-corrected chi connectivity index (χ3v) is 4.85. The standard InChI is InChI=1S/C16H11BrN2O3S/c17-11-3-1-9(2-4-11)15(20)18-12-5-6-13-10(7-12)8-14(23-13)16(21)19-22/h1-8,22H,(H,18,20)(H,19,21). The molecule has 7 heteroatoms. The predicted molar refractivity (Wildman–Crippen MR) is 93.2 cm³/mol. The molecule has 23 heavy (non-hydrogen) atoms. The highest BCUT2D eigenvalue weighted by Gasteiger charge is 2.11. The number of hydrogen-bond donors (Lipinski definition) is 3. The van der Waals surface area contributed by atoms with Crippen LogP contribution in [0.5, 0.6) is 0 Å². The topological polar surface area (TPSA) is 78.4 Å². The van der Waals surface area contributed by atoms with Crippen molar-refractivity contribution in [3.05, 3.63) is 63.4 Å². The van der Waals surface area contributed by atoms with Crippen LogP contribution in [0.2, 0.25) is 0 Å². The number of thiophene rings is 1. The van der Waals surface area contributed by atoms with Crippen LogP contribution in [0, 0.1) is 0 Å². The first kappa shape index (κ1) is 15.7. The van der Waals surface area contributed by atoms with E-state index in [0.717, 1.165) is 14.6 Å². The third-order valence-electron chi connectivity index (χ3n) is 3.21. The van der Waals surface area contributed by atoms with Crippen LogP contribution in [0.25, 0.3) is 10.1 Å². The van der Waals surface area contributed by atoms with E-state index in [4.69, 9.17) is 5.21 Å². The molecule has 0 spiro atoms. The van der Waals surface area contributed by atoms with E-state index in [1.165, 1.54) is 11.3 Å². The molecule has 1 aromatic heterocycles. The van der Waals surface area contributed by atoms with E-state index in [9.17, 15) is 9.59 Å². The molecule has 5 nitrogen and oxygen atoms in total. The Morgan fingerprint density at radius 2 is 1.74 bits per heavy atom. The molecule has 116 valence electrons. The zero-order valence-electron chi connectivity index (χ0n) is 11.7. The van der Waals surface area contributed by atoms with E-state index in [0.29, 0.717) is 16.1 Å². The molecular weight excluding hydrogens is 380 g/mol. The lowest BCUT2D eigenvalue weighted by Gasteiger charge is -2.05. The number of hydroxylamine groups is 1. The number of fused-ring (bicyclic) bond motifs is 1. The monoisotopic (exact) mass is 390 g/mol. The minimum atomic E-state index is -0.549. The van der Waals surface area contributed by atoms with Crippen LogP contribution in [-0.2, 0) is 0 Å². The number of nitrogens with one attached hydrogen (secondary N) is 2. The molecule has 0 radical (unpaired) electrons. The van der Waals surface area contributed by atoms with Crippen molar-refractivity contribution < 1.29 is 14.8 Å². The summed E-state index contributed by atoms with van der Waals surface area (Å²) in [4.78, 5) is 24.0. The summed E-state index contributed by atoms with van der Waals surface area (Å²) in [6, 6.07) is 14.1. The van der Waals surface area contributed by atoms with Crippen LogP contribution in [-0.4, -0.2) is 17.0 Å². The number of anilines is 1. The van der Waals surface area contributed by atoms with Crippen LogP contribution in [0.4, 0.5) is 5.69 Å². The fraction of sp³-hybridized carbons (Fsp3) is 0. The minimum absolute atomic E-state index is 0.208. The summed E-state index contributed by atoms with van der Waals surface area (Å²) in [7, 11) is 0. The lowest BCUT2D eigenvalue weighted by molar-refractivity contribution is 0.0711. The van der Waals surface area contributed by atoms with E-state index in [1.807, 2.05) is 6.07 Å². The molecule has 3 aromatic rings. The molecule has 0 bridgehead atoms. The molecule has 2 amide bonds. The van der Waals surface area contributed by atoms with Crippen molar-refractivity contribution >= 4 is 54.9 Å². The lowest BCUT2D eigenvalue weighted by Crippen LogP contribution is -2.16. The van der Waals surface area contributed by atoms with Gasteiger partial charge in [-0.25, -0.2) is 5.48 Å². The SMILES string of the molecule is O=C(Nc1ccc2sc(C(=O)NO)cc2c1)c1ccc(Br)cc1. The first-order valence-corrected chi connectivity index (χ1v) is 8.23. The first-order chi connectivity index (χ1) is 11.1. The highest BCUT2D eigenvalue weighted by atomic mass is 79.9. The van der Waals surface area contributed by atoms with Crippen molar-refractivity contribution in [2.75, 3.05) is 5.32 Å². The molecule has 0 aliphatic heterocycles. The summed E-state index contributed by atoms with van der Waals surface area (Å²) >= 11 is 4.59. The fourth-order valence-electron chi connectivity index (χ4n) is 2.09. The van der Waals surface area contributed by atoms with Gasteiger partial charge in [0.25, 0.3) is 11.8 Å². The second kappa shape index (κ2) is 6.49. The van der Waals surface area contributed by atoms with Gasteiger partial charge in [-0.1, -0.05) is 15.9 Å². The third kappa shape index (κ3) is 3.42. The number of carbonyl (C=O) groups excluding carboxylic acids is 2. The smallest absolute Gasteiger partial charge is 0.284 e. The van der Waals surface area contributed by atoms with Gasteiger partial charge in [0, 0.05) is 20.4 Å². The summed E-state index contributed by atoms with van der Waals surface area (Å²) in [5.41, 5.74) is 2.81. The van der Waals surface area contributed by atoms with Crippen LogP contribution in [0.3, 0.4) is 0 Å². The van der Waals surface area contributed by atoms with Crippen molar-refractivity contribution in [2.24, 2.45) is 0 Å². The normalized spacial score (nSPS) is 10.5. The molecule has 0 aliphatic rings. The average Bonchev–Trinajstić information content (AvgIpc) is 2.98. The molecule has 0 saturated heterocycles. The van der Waals surface area contributed by atoms with Crippen LogP contribution in [0.1, 0.15) is 20.0 Å². The van der Waals surface area contributed by atoms with Crippen molar-refractivity contribution in [1.82, 2.24) is 5.48 Å². The Bertz CT molecular complexity index is 890. The van der Waals surface area contributed by atoms with Crippen molar-refractivity contribution in [2.45, 2.75) is 0 Å². The van der Waals surface area contributed by atoms with Crippen LogP contribution in [0.15, 0.2) is 53.0 Å². The van der Waals surface area contributed by atoms with Crippen molar-refractivity contribution in [1.29, 1.82) is 0 Å². The second-order valence-corrected chi connectivity index (χ2v) is 6.76. The molecule has 2 aromatic carbocycles. The Morgan fingerprint density at radius 1 is 1.00 bits per heavy atom. The number of carbonyl (C=O) groups is 2. The molecule has 3 N–H and O–H groups in total. The van der Waals surface area contributed by atoms with Crippen LogP contribution >= 0.6 is 27.3 Å². The summed E-state index contributed by atoms with van der Waals surface area (Å²) in [5, 5.41) is 12.3. The van der Waals surface area contributed by atoms with Gasteiger partial charge >= 0.3 is 0 Å². The zero-order chi connectivity index (χ0) is 16.4.